The van der Waals surface area contributed by atoms with Gasteiger partial charge < -0.3 is 21.5 Å². The number of anilines is 3. The van der Waals surface area contributed by atoms with Gasteiger partial charge in [-0.25, -0.2) is 14.1 Å². The third kappa shape index (κ3) is 3.61. The molecular weight excluding hydrogens is 256 g/mol. The molecular formula is C13H21N6O+. The maximum Gasteiger partial charge on any atom is 0.243 e. The molecule has 0 atom stereocenters. The largest absolute Gasteiger partial charge is 0.396 e. The van der Waals surface area contributed by atoms with Gasteiger partial charge in [0.2, 0.25) is 6.33 Å². The van der Waals surface area contributed by atoms with E-state index in [4.69, 9.17) is 10.8 Å². The number of aliphatic hydroxyl groups is 1. The van der Waals surface area contributed by atoms with Crippen molar-refractivity contribution in [2.75, 3.05) is 36.6 Å². The van der Waals surface area contributed by atoms with Crippen molar-refractivity contribution in [2.45, 2.75) is 13.1 Å². The molecule has 0 aliphatic carbocycles. The molecule has 0 aliphatic heterocycles. The Morgan fingerprint density at radius 2 is 2.35 bits per heavy atom. The van der Waals surface area contributed by atoms with E-state index < -0.39 is 0 Å². The average molecular weight is 277 g/mol. The monoisotopic (exact) mass is 277 g/mol. The van der Waals surface area contributed by atoms with E-state index in [1.54, 1.807) is 6.20 Å². The second-order valence-corrected chi connectivity index (χ2v) is 4.45. The van der Waals surface area contributed by atoms with E-state index in [2.05, 4.69) is 15.6 Å². The minimum atomic E-state index is 0.144. The molecule has 2 aromatic heterocycles. The Morgan fingerprint density at radius 1 is 1.50 bits per heavy atom. The summed E-state index contributed by atoms with van der Waals surface area (Å²) in [6.07, 6.45) is 7.60. The number of nitrogen functional groups attached to an aromatic ring is 1. The summed E-state index contributed by atoms with van der Waals surface area (Å²) in [6.45, 7) is 2.28. The second kappa shape index (κ2) is 6.76. The molecule has 7 nitrogen and oxygen atoms in total. The number of aliphatic hydroxyl groups excluding tert-OH is 1. The Balaban J connectivity index is 1.85. The average Bonchev–Trinajstić information content (AvgIpc) is 2.88. The molecule has 7 heteroatoms. The highest BCUT2D eigenvalue weighted by molar-refractivity contribution is 5.66. The van der Waals surface area contributed by atoms with Crippen molar-refractivity contribution < 1.29 is 9.67 Å². The van der Waals surface area contributed by atoms with Crippen LogP contribution in [0.1, 0.15) is 0 Å². The summed E-state index contributed by atoms with van der Waals surface area (Å²) >= 11 is 0. The normalized spacial score (nSPS) is 10.5. The van der Waals surface area contributed by atoms with Gasteiger partial charge in [0.25, 0.3) is 0 Å². The van der Waals surface area contributed by atoms with E-state index in [1.807, 2.05) is 41.0 Å². The van der Waals surface area contributed by atoms with E-state index in [0.717, 1.165) is 18.8 Å². The first-order valence-electron chi connectivity index (χ1n) is 6.55. The Labute approximate surface area is 118 Å². The molecule has 0 unspecified atom stereocenters. The van der Waals surface area contributed by atoms with Crippen LogP contribution in [0.25, 0.3) is 0 Å². The number of nitrogens with two attached hydrogens (primary N) is 1. The molecule has 0 fully saturated rings. The van der Waals surface area contributed by atoms with Crippen LogP contribution in [0.2, 0.25) is 0 Å². The predicted molar refractivity (Wildman–Crippen MR) is 78.4 cm³/mol. The highest BCUT2D eigenvalue weighted by atomic mass is 16.3. The van der Waals surface area contributed by atoms with E-state index in [-0.39, 0.29) is 6.61 Å². The maximum atomic E-state index is 8.86. The summed E-state index contributed by atoms with van der Waals surface area (Å²) in [5.74, 6) is 0.694. The minimum Gasteiger partial charge on any atom is -0.396 e. The SMILES string of the molecule is CNc1cnc(NCCn2cc[n+](CCO)c2)c(N)c1. The van der Waals surface area contributed by atoms with Gasteiger partial charge in [0.05, 0.1) is 30.7 Å². The van der Waals surface area contributed by atoms with Crippen molar-refractivity contribution in [3.05, 3.63) is 31.0 Å². The van der Waals surface area contributed by atoms with Crippen molar-refractivity contribution in [1.82, 2.24) is 9.55 Å². The molecule has 0 saturated heterocycles. The quantitative estimate of drug-likeness (QED) is 0.530. The number of hydrogen-bond donors (Lipinski definition) is 4. The van der Waals surface area contributed by atoms with Crippen molar-refractivity contribution in [1.29, 1.82) is 0 Å². The zero-order valence-corrected chi connectivity index (χ0v) is 11.6. The van der Waals surface area contributed by atoms with Crippen LogP contribution in [0.5, 0.6) is 0 Å². The summed E-state index contributed by atoms with van der Waals surface area (Å²) in [7, 11) is 1.83. The summed E-state index contributed by atoms with van der Waals surface area (Å²) in [6, 6.07) is 1.85. The predicted octanol–water partition coefficient (Wildman–Crippen LogP) is -0.101. The Bertz CT molecular complexity index is 554. The number of nitrogens with one attached hydrogen (secondary N) is 2. The smallest absolute Gasteiger partial charge is 0.243 e. The lowest BCUT2D eigenvalue weighted by Gasteiger charge is -2.08. The Hall–Kier alpha value is -2.28. The highest BCUT2D eigenvalue weighted by Crippen LogP contribution is 2.18. The van der Waals surface area contributed by atoms with E-state index in [1.165, 1.54) is 0 Å². The van der Waals surface area contributed by atoms with Crippen LogP contribution in [0.4, 0.5) is 17.2 Å². The van der Waals surface area contributed by atoms with Gasteiger partial charge in [0.15, 0.2) is 0 Å². The van der Waals surface area contributed by atoms with E-state index in [0.29, 0.717) is 18.1 Å². The van der Waals surface area contributed by atoms with Crippen LogP contribution in [0.15, 0.2) is 31.0 Å². The number of nitrogens with zero attached hydrogens (tertiary/aromatic N) is 3. The molecule has 0 spiro atoms. The van der Waals surface area contributed by atoms with Crippen LogP contribution >= 0.6 is 0 Å². The number of imidazole rings is 1. The highest BCUT2D eigenvalue weighted by Gasteiger charge is 2.04. The molecule has 0 aliphatic rings. The number of hydrogen-bond acceptors (Lipinski definition) is 5. The van der Waals surface area contributed by atoms with Gasteiger partial charge in [0, 0.05) is 7.05 Å². The zero-order valence-electron chi connectivity index (χ0n) is 11.6. The first-order chi connectivity index (χ1) is 9.72. The Morgan fingerprint density at radius 3 is 3.05 bits per heavy atom. The molecule has 5 N–H and O–H groups in total. The second-order valence-electron chi connectivity index (χ2n) is 4.45. The van der Waals surface area contributed by atoms with Gasteiger partial charge in [-0.05, 0) is 6.07 Å². The van der Waals surface area contributed by atoms with Crippen LogP contribution in [0.3, 0.4) is 0 Å². The summed E-state index contributed by atoms with van der Waals surface area (Å²) in [5, 5.41) is 15.1. The molecule has 0 amide bonds. The van der Waals surface area contributed by atoms with Crippen molar-refractivity contribution in [3.8, 4) is 0 Å². The minimum absolute atomic E-state index is 0.144. The zero-order chi connectivity index (χ0) is 14.4. The van der Waals surface area contributed by atoms with Crippen LogP contribution in [-0.2, 0) is 13.1 Å². The molecule has 0 aromatic carbocycles. The fourth-order valence-electron chi connectivity index (χ4n) is 1.89. The number of rotatable bonds is 7. The fourth-order valence-corrected chi connectivity index (χ4v) is 1.89. The van der Waals surface area contributed by atoms with Crippen molar-refractivity contribution in [2.24, 2.45) is 0 Å². The molecule has 20 heavy (non-hydrogen) atoms. The third-order valence-electron chi connectivity index (χ3n) is 2.97. The first kappa shape index (κ1) is 14.1. The first-order valence-corrected chi connectivity index (χ1v) is 6.55. The third-order valence-corrected chi connectivity index (χ3v) is 2.97. The number of aromatic nitrogens is 3. The molecule has 108 valence electrons. The molecule has 0 bridgehead atoms. The molecule has 2 heterocycles. The van der Waals surface area contributed by atoms with E-state index >= 15 is 0 Å². The lowest BCUT2D eigenvalue weighted by molar-refractivity contribution is -0.697. The molecule has 2 rings (SSSR count). The van der Waals surface area contributed by atoms with Gasteiger partial charge in [-0.15, -0.1) is 0 Å². The topological polar surface area (TPSA) is 92.0 Å². The Kier molecular flexibility index (Phi) is 4.78. The lowest BCUT2D eigenvalue weighted by Crippen LogP contribution is -2.33. The van der Waals surface area contributed by atoms with Crippen LogP contribution in [-0.4, -0.2) is 34.9 Å². The van der Waals surface area contributed by atoms with Crippen LogP contribution < -0.4 is 20.9 Å². The van der Waals surface area contributed by atoms with Crippen molar-refractivity contribution in [3.63, 3.8) is 0 Å². The summed E-state index contributed by atoms with van der Waals surface area (Å²) in [5.41, 5.74) is 7.43. The van der Waals surface area contributed by atoms with Gasteiger partial charge in [-0.3, -0.25) is 0 Å². The number of pyridine rings is 1. The summed E-state index contributed by atoms with van der Waals surface area (Å²) < 4.78 is 3.98. The van der Waals surface area contributed by atoms with Gasteiger partial charge in [-0.1, -0.05) is 0 Å². The fraction of sp³-hybridized carbons (Fsp3) is 0.385. The standard InChI is InChI=1S/C13H21N6O/c1-15-11-8-12(14)13(17-9-11)16-2-3-18-4-5-19(10-18)6-7-20/h4-5,8-10,15,20H,2-3,6-7,14H2,1H3,(H,16,17)/q+1. The van der Waals surface area contributed by atoms with Gasteiger partial charge in [0.1, 0.15) is 31.3 Å². The van der Waals surface area contributed by atoms with Crippen LogP contribution in [0, 0.1) is 0 Å². The van der Waals surface area contributed by atoms with Crippen molar-refractivity contribution >= 4 is 17.2 Å². The van der Waals surface area contributed by atoms with Gasteiger partial charge in [-0.2, -0.15) is 0 Å². The maximum absolute atomic E-state index is 8.86. The lowest BCUT2D eigenvalue weighted by atomic mass is 10.3. The summed E-state index contributed by atoms with van der Waals surface area (Å²) in [4.78, 5) is 4.27. The van der Waals surface area contributed by atoms with E-state index in [9.17, 15) is 0 Å². The van der Waals surface area contributed by atoms with Gasteiger partial charge >= 0.3 is 0 Å². The molecule has 0 radical (unpaired) electrons. The molecule has 0 saturated carbocycles. The molecule has 2 aromatic rings.